The molecule has 0 spiro atoms. The number of fused-ring (bicyclic) bond motifs is 2. The molecule has 0 aromatic heterocycles. The third-order valence-corrected chi connectivity index (χ3v) is 7.08. The van der Waals surface area contributed by atoms with Crippen LogP contribution < -0.4 is 0 Å². The van der Waals surface area contributed by atoms with Crippen LogP contribution >= 0.6 is 0 Å². The van der Waals surface area contributed by atoms with Crippen molar-refractivity contribution in [3.05, 3.63) is 169 Å². The van der Waals surface area contributed by atoms with Crippen LogP contribution in [-0.4, -0.2) is 13.0 Å². The van der Waals surface area contributed by atoms with Gasteiger partial charge in [0.05, 0.1) is 0 Å². The largest absolute Gasteiger partial charge is 3.00 e. The molecular formula is C36H25BF10Zr. The van der Waals surface area contributed by atoms with Crippen molar-refractivity contribution in [2.75, 3.05) is 0 Å². The van der Waals surface area contributed by atoms with Crippen LogP contribution in [0, 0.1) is 79.9 Å². The van der Waals surface area contributed by atoms with Gasteiger partial charge in [-0.1, -0.05) is 13.0 Å². The molecule has 5 aromatic carbocycles. The van der Waals surface area contributed by atoms with Crippen LogP contribution in [0.5, 0.6) is 0 Å². The van der Waals surface area contributed by atoms with Crippen LogP contribution in [0.3, 0.4) is 0 Å². The third kappa shape index (κ3) is 6.95. The molecular weight excluding hydrogens is 724 g/mol. The van der Waals surface area contributed by atoms with Crippen LogP contribution in [0.4, 0.5) is 43.9 Å². The van der Waals surface area contributed by atoms with E-state index in [1.165, 1.54) is 22.4 Å². The zero-order chi connectivity index (χ0) is 33.5. The molecule has 12 heteroatoms. The van der Waals surface area contributed by atoms with Crippen LogP contribution in [0.2, 0.25) is 0 Å². The molecule has 0 nitrogen and oxygen atoms in total. The maximum atomic E-state index is 14.6. The summed E-state index contributed by atoms with van der Waals surface area (Å²) in [7, 11) is 5.89. The van der Waals surface area contributed by atoms with E-state index in [1.54, 1.807) is 0 Å². The molecule has 1 aliphatic rings. The second kappa shape index (κ2) is 16.5. The quantitative estimate of drug-likeness (QED) is 0.0421. The van der Waals surface area contributed by atoms with Gasteiger partial charge in [0.2, 0.25) is 0 Å². The molecule has 0 heterocycles. The fraction of sp³-hybridized carbons (Fsp3) is 0.0556. The maximum Gasteiger partial charge on any atom is 3.00 e. The van der Waals surface area contributed by atoms with E-state index in [4.69, 9.17) is 7.49 Å². The van der Waals surface area contributed by atoms with Crippen LogP contribution in [0.15, 0.2) is 73.3 Å². The molecule has 0 unspecified atom stereocenters. The fourth-order valence-electron chi connectivity index (χ4n) is 5.06. The summed E-state index contributed by atoms with van der Waals surface area (Å²) < 4.78 is 141. The number of hydrogen-bond donors (Lipinski definition) is 0. The van der Waals surface area contributed by atoms with Crippen molar-refractivity contribution < 1.29 is 70.1 Å². The van der Waals surface area contributed by atoms with Crippen molar-refractivity contribution in [2.24, 2.45) is 0 Å². The number of benzene rings is 4. The number of rotatable bonds is 2. The third-order valence-electron chi connectivity index (χ3n) is 7.08. The zero-order valence-electron chi connectivity index (χ0n) is 26.0. The number of aryl methyl sites for hydroxylation is 1. The van der Waals surface area contributed by atoms with E-state index >= 15 is 0 Å². The Balaban J connectivity index is 0.000000651. The van der Waals surface area contributed by atoms with Gasteiger partial charge in [0.15, 0.2) is 0 Å². The van der Waals surface area contributed by atoms with E-state index in [0.29, 0.717) is 0 Å². The Morgan fingerprint density at radius 3 is 1.44 bits per heavy atom. The van der Waals surface area contributed by atoms with Crippen molar-refractivity contribution in [1.29, 1.82) is 0 Å². The summed E-state index contributed by atoms with van der Waals surface area (Å²) in [6.07, 6.45) is 0. The van der Waals surface area contributed by atoms with Crippen molar-refractivity contribution in [3.8, 4) is 11.1 Å². The van der Waals surface area contributed by atoms with Crippen LogP contribution in [0.25, 0.3) is 27.5 Å². The zero-order valence-corrected chi connectivity index (χ0v) is 28.4. The van der Waals surface area contributed by atoms with E-state index in [2.05, 4.69) is 56.5 Å². The predicted molar refractivity (Wildman–Crippen MR) is 168 cm³/mol. The molecule has 0 N–H and O–H groups in total. The van der Waals surface area contributed by atoms with Crippen molar-refractivity contribution in [2.45, 2.75) is 13.8 Å². The Morgan fingerprint density at radius 1 is 0.542 bits per heavy atom. The summed E-state index contributed by atoms with van der Waals surface area (Å²) in [5.41, 5.74) is -4.37. The Hall–Kier alpha value is -3.91. The van der Waals surface area contributed by atoms with Gasteiger partial charge in [-0.25, -0.2) is 0 Å². The van der Waals surface area contributed by atoms with Crippen LogP contribution in [0.1, 0.15) is 29.2 Å². The average Bonchev–Trinajstić information content (AvgIpc) is 3.55. The summed E-state index contributed by atoms with van der Waals surface area (Å²) in [4.78, 5) is 0. The predicted octanol–water partition coefficient (Wildman–Crippen LogP) is 10.8. The smallest absolute Gasteiger partial charge is 0.358 e. The summed E-state index contributed by atoms with van der Waals surface area (Å²) in [6, 6.07) is 16.0. The van der Waals surface area contributed by atoms with E-state index in [1.807, 2.05) is 0 Å². The molecule has 0 atom stereocenters. The SMILES string of the molecule is C=C.Cc1cc2ccccc2[cH-]1.[B]=C1C(C)=C(c2c(F)c(F)c(F)c(F)c2F)c2c1cccc2-c1c(F)c(F)c(F)c(F)c1F.[CH3-].[CH3-].[Zr+3]. The fourth-order valence-corrected chi connectivity index (χ4v) is 5.06. The van der Waals surface area contributed by atoms with Crippen molar-refractivity contribution in [1.82, 2.24) is 0 Å². The summed E-state index contributed by atoms with van der Waals surface area (Å²) in [5.74, 6) is -23.2. The molecule has 0 saturated heterocycles. The molecule has 5 aromatic rings. The number of halogens is 10. The Morgan fingerprint density at radius 2 is 0.958 bits per heavy atom. The molecule has 0 saturated carbocycles. The Labute approximate surface area is 292 Å². The Kier molecular flexibility index (Phi) is 14.4. The number of allylic oxidation sites excluding steroid dienone is 1. The molecule has 6 rings (SSSR count). The van der Waals surface area contributed by atoms with E-state index < -0.39 is 86.0 Å². The summed E-state index contributed by atoms with van der Waals surface area (Å²) in [6.45, 7) is 9.25. The minimum atomic E-state index is -2.45. The molecule has 246 valence electrons. The van der Waals surface area contributed by atoms with E-state index in [-0.39, 0.29) is 57.7 Å². The molecule has 1 aliphatic carbocycles. The first kappa shape index (κ1) is 42.1. The first-order valence-corrected chi connectivity index (χ1v) is 12.9. The summed E-state index contributed by atoms with van der Waals surface area (Å²) >= 11 is 0. The standard InChI is InChI=1S/C22H6BF10.C10H9.C2H4.2CH3.Zr/c1-5-8(11-15(26)19(30)22(33)20(31)16(11)27)9-6(3-2-4-7(9)12(5)23)10-13(24)17(28)21(32)18(29)14(10)25;1-8-6-9-4-2-3-5-10(9)7-8;1-2;;;/h2-4H,1H3;2-7H,1H3;1-2H2;2*1H3;/q;-1;;2*-1;+3. The maximum absolute atomic E-state index is 14.6. The minimum Gasteiger partial charge on any atom is -0.358 e. The number of hydrogen-bond acceptors (Lipinski definition) is 0. The molecule has 48 heavy (non-hydrogen) atoms. The molecule has 2 radical (unpaired) electrons. The molecule has 0 bridgehead atoms. The van der Waals surface area contributed by atoms with Gasteiger partial charge < -0.3 is 14.9 Å². The normalized spacial score (nSPS) is 11.4. The minimum absolute atomic E-state index is 0. The average molecular weight is 750 g/mol. The first-order valence-electron chi connectivity index (χ1n) is 12.9. The van der Waals surface area contributed by atoms with Gasteiger partial charge in [0, 0.05) is 0 Å². The molecule has 0 aliphatic heterocycles. The molecule has 0 amide bonds. The van der Waals surface area contributed by atoms with E-state index in [0.717, 1.165) is 19.1 Å². The molecule has 0 fully saturated rings. The topological polar surface area (TPSA) is 0 Å². The second-order valence-corrected chi connectivity index (χ2v) is 9.69. The van der Waals surface area contributed by atoms with Crippen molar-refractivity contribution >= 4 is 29.3 Å². The van der Waals surface area contributed by atoms with Gasteiger partial charge >= 0.3 is 205 Å². The monoisotopic (exact) mass is 748 g/mol. The van der Waals surface area contributed by atoms with Gasteiger partial charge in [-0.05, 0) is 0 Å². The second-order valence-electron chi connectivity index (χ2n) is 9.69. The van der Waals surface area contributed by atoms with Gasteiger partial charge in [-0.3, -0.25) is 0 Å². The van der Waals surface area contributed by atoms with Gasteiger partial charge in [0.25, 0.3) is 0 Å². The van der Waals surface area contributed by atoms with Crippen LogP contribution in [-0.2, 0) is 26.2 Å². The first-order chi connectivity index (χ1) is 21.3. The van der Waals surface area contributed by atoms with Gasteiger partial charge in [-0.2, -0.15) is 6.07 Å². The van der Waals surface area contributed by atoms with Crippen molar-refractivity contribution in [3.63, 3.8) is 0 Å². The van der Waals surface area contributed by atoms with Gasteiger partial charge in [0.1, 0.15) is 0 Å². The Bertz CT molecular complexity index is 1950. The summed E-state index contributed by atoms with van der Waals surface area (Å²) in [5, 5.41) is 2.69. The van der Waals surface area contributed by atoms with Gasteiger partial charge in [-0.15, -0.1) is 53.8 Å². The van der Waals surface area contributed by atoms with E-state index in [9.17, 15) is 43.9 Å².